The number of carbonyl (C=O) groups is 1. The maximum atomic E-state index is 13.7. The molecule has 0 aliphatic heterocycles. The molecule has 9 atom stereocenters. The van der Waals surface area contributed by atoms with E-state index in [2.05, 4.69) is 47.6 Å². The number of ether oxygens (including phenoxy) is 1. The van der Waals surface area contributed by atoms with E-state index in [0.717, 1.165) is 106 Å². The standard InChI is InChI=1S/C42H73N3O2/c1-7-31(27(2)3)9-8-28(4)37-12-13-38-36-11-10-32-26-35(14-18-41(32,5)39(36)15-19-42(37,38)6)47-40(46)45(20-16-29-22-33(43)23-29)21-17-30-24-34(44)25-30/h10,27-31,33-39H,7-9,11-26,43-44H2,1-6H3/t28?,29?,30?,31?,33?,34?,35-,36-,37+,38-,39-,41-,42+/m0/s1. The molecule has 0 aromatic rings. The van der Waals surface area contributed by atoms with E-state index in [1.54, 1.807) is 5.57 Å². The molecule has 4 N–H and O–H groups in total. The Bertz CT molecular complexity index is 1070. The maximum absolute atomic E-state index is 13.7. The van der Waals surface area contributed by atoms with Crippen molar-refractivity contribution in [3.63, 3.8) is 0 Å². The smallest absolute Gasteiger partial charge is 0.410 e. The Labute approximate surface area is 289 Å². The van der Waals surface area contributed by atoms with Crippen molar-refractivity contribution in [1.82, 2.24) is 4.90 Å². The maximum Gasteiger partial charge on any atom is 0.410 e. The molecule has 5 saturated carbocycles. The molecular formula is C42H73N3O2. The van der Waals surface area contributed by atoms with E-state index in [1.165, 1.54) is 57.8 Å². The van der Waals surface area contributed by atoms with Gasteiger partial charge in [0.1, 0.15) is 6.10 Å². The molecule has 2 unspecified atom stereocenters. The summed E-state index contributed by atoms with van der Waals surface area (Å²) in [5.41, 5.74) is 14.5. The fourth-order valence-corrected chi connectivity index (χ4v) is 12.6. The number of fused-ring (bicyclic) bond motifs is 5. The molecule has 1 amide bonds. The summed E-state index contributed by atoms with van der Waals surface area (Å²) in [6, 6.07) is 0.725. The molecule has 6 aliphatic rings. The first kappa shape index (κ1) is 35.7. The van der Waals surface area contributed by atoms with Gasteiger partial charge < -0.3 is 21.1 Å². The zero-order chi connectivity index (χ0) is 33.5. The van der Waals surface area contributed by atoms with Crippen LogP contribution in [0.2, 0.25) is 0 Å². The van der Waals surface area contributed by atoms with Crippen molar-refractivity contribution < 1.29 is 9.53 Å². The second-order valence-corrected chi connectivity index (χ2v) is 19.0. The van der Waals surface area contributed by atoms with Gasteiger partial charge in [0.2, 0.25) is 0 Å². The molecule has 0 heterocycles. The molecule has 268 valence electrons. The zero-order valence-corrected chi connectivity index (χ0v) is 31.4. The average Bonchev–Trinajstić information content (AvgIpc) is 3.36. The summed E-state index contributed by atoms with van der Waals surface area (Å²) in [5, 5.41) is 0. The molecule has 5 nitrogen and oxygen atoms in total. The summed E-state index contributed by atoms with van der Waals surface area (Å²) in [6.45, 7) is 16.8. The van der Waals surface area contributed by atoms with Crippen LogP contribution in [0, 0.1) is 64.1 Å². The van der Waals surface area contributed by atoms with Gasteiger partial charge in [0.05, 0.1) is 0 Å². The Morgan fingerprint density at radius 3 is 2.17 bits per heavy atom. The Hall–Kier alpha value is -1.07. The van der Waals surface area contributed by atoms with Gasteiger partial charge in [0.15, 0.2) is 0 Å². The van der Waals surface area contributed by atoms with Gasteiger partial charge in [-0.25, -0.2) is 4.79 Å². The fraction of sp³-hybridized carbons (Fsp3) is 0.929. The third-order valence-electron chi connectivity index (χ3n) is 16.0. The van der Waals surface area contributed by atoms with Gasteiger partial charge in [-0.2, -0.15) is 0 Å². The second-order valence-electron chi connectivity index (χ2n) is 19.0. The number of nitrogens with two attached hydrogens (primary N) is 2. The van der Waals surface area contributed by atoms with Crippen LogP contribution in [-0.4, -0.2) is 42.3 Å². The van der Waals surface area contributed by atoms with E-state index < -0.39 is 0 Å². The number of hydrogen-bond acceptors (Lipinski definition) is 4. The Balaban J connectivity index is 1.05. The number of rotatable bonds is 13. The van der Waals surface area contributed by atoms with Crippen molar-refractivity contribution in [1.29, 1.82) is 0 Å². The minimum absolute atomic E-state index is 0.0264. The minimum atomic E-state index is -0.0710. The molecule has 6 aliphatic carbocycles. The summed E-state index contributed by atoms with van der Waals surface area (Å²) in [5.74, 6) is 7.31. The summed E-state index contributed by atoms with van der Waals surface area (Å²) in [6.07, 6.45) is 23.4. The van der Waals surface area contributed by atoms with Crippen LogP contribution < -0.4 is 11.5 Å². The molecule has 0 spiro atoms. The number of hydrogen-bond donors (Lipinski definition) is 2. The van der Waals surface area contributed by atoms with Crippen LogP contribution in [-0.2, 0) is 4.74 Å². The first-order valence-corrected chi connectivity index (χ1v) is 20.6. The predicted molar refractivity (Wildman–Crippen MR) is 195 cm³/mol. The van der Waals surface area contributed by atoms with Crippen LogP contribution in [0.25, 0.3) is 0 Å². The number of allylic oxidation sites excluding steroid dienone is 1. The third kappa shape index (κ3) is 7.38. The van der Waals surface area contributed by atoms with Crippen LogP contribution >= 0.6 is 0 Å². The molecule has 0 aromatic carbocycles. The normalized spacial score (nSPS) is 42.2. The summed E-state index contributed by atoms with van der Waals surface area (Å²) < 4.78 is 6.38. The van der Waals surface area contributed by atoms with Crippen LogP contribution in [0.3, 0.4) is 0 Å². The lowest BCUT2D eigenvalue weighted by Crippen LogP contribution is -2.51. The number of carbonyl (C=O) groups excluding carboxylic acids is 1. The highest BCUT2D eigenvalue weighted by atomic mass is 16.6. The average molecular weight is 652 g/mol. The van der Waals surface area contributed by atoms with E-state index in [0.29, 0.717) is 29.3 Å². The molecule has 0 bridgehead atoms. The monoisotopic (exact) mass is 652 g/mol. The fourth-order valence-electron chi connectivity index (χ4n) is 12.6. The Morgan fingerprint density at radius 1 is 0.915 bits per heavy atom. The van der Waals surface area contributed by atoms with Crippen LogP contribution in [0.15, 0.2) is 11.6 Å². The lowest BCUT2D eigenvalue weighted by molar-refractivity contribution is -0.0596. The predicted octanol–water partition coefficient (Wildman–Crippen LogP) is 9.73. The van der Waals surface area contributed by atoms with E-state index in [-0.39, 0.29) is 17.6 Å². The van der Waals surface area contributed by atoms with Gasteiger partial charge in [-0.15, -0.1) is 0 Å². The van der Waals surface area contributed by atoms with Gasteiger partial charge in [-0.3, -0.25) is 0 Å². The zero-order valence-electron chi connectivity index (χ0n) is 31.4. The molecule has 5 fully saturated rings. The molecular weight excluding hydrogens is 578 g/mol. The summed E-state index contributed by atoms with van der Waals surface area (Å²) in [4.78, 5) is 15.7. The molecule has 0 radical (unpaired) electrons. The van der Waals surface area contributed by atoms with E-state index in [4.69, 9.17) is 16.2 Å². The Kier molecular flexibility index (Phi) is 11.1. The highest BCUT2D eigenvalue weighted by Crippen LogP contribution is 2.67. The van der Waals surface area contributed by atoms with E-state index >= 15 is 0 Å². The lowest BCUT2D eigenvalue weighted by atomic mass is 9.47. The Morgan fingerprint density at radius 2 is 1.57 bits per heavy atom. The quantitative estimate of drug-likeness (QED) is 0.194. The SMILES string of the molecule is CCC(CCC(C)[C@H]1CC[C@H]2[C@@H]3CC=C4C[C@@H](OC(=O)N(CCC5CC(N)C5)CCC5CC(N)C5)CC[C@]4(C)[C@H]3CC[C@]12C)C(C)C. The van der Waals surface area contributed by atoms with Gasteiger partial charge in [0.25, 0.3) is 0 Å². The van der Waals surface area contributed by atoms with Crippen molar-refractivity contribution in [3.8, 4) is 0 Å². The van der Waals surface area contributed by atoms with Crippen molar-refractivity contribution in [2.24, 2.45) is 75.6 Å². The molecule has 0 aromatic heterocycles. The van der Waals surface area contributed by atoms with Crippen molar-refractivity contribution >= 4 is 6.09 Å². The summed E-state index contributed by atoms with van der Waals surface area (Å²) in [7, 11) is 0. The van der Waals surface area contributed by atoms with Crippen LogP contribution in [0.1, 0.15) is 151 Å². The highest BCUT2D eigenvalue weighted by molar-refractivity contribution is 5.68. The van der Waals surface area contributed by atoms with E-state index in [1.807, 2.05) is 4.90 Å². The number of nitrogens with zero attached hydrogens (tertiary/aromatic N) is 1. The highest BCUT2D eigenvalue weighted by Gasteiger charge is 2.59. The second kappa shape index (κ2) is 14.7. The van der Waals surface area contributed by atoms with Gasteiger partial charge in [-0.05, 0) is 154 Å². The van der Waals surface area contributed by atoms with Gasteiger partial charge in [0, 0.05) is 31.6 Å². The number of amides is 1. The minimum Gasteiger partial charge on any atom is -0.446 e. The van der Waals surface area contributed by atoms with Crippen LogP contribution in [0.5, 0.6) is 0 Å². The molecule has 6 rings (SSSR count). The van der Waals surface area contributed by atoms with Crippen molar-refractivity contribution in [2.45, 2.75) is 169 Å². The van der Waals surface area contributed by atoms with E-state index in [9.17, 15) is 4.79 Å². The lowest BCUT2D eigenvalue weighted by Gasteiger charge is -2.58. The van der Waals surface area contributed by atoms with Gasteiger partial charge in [-0.1, -0.05) is 66.0 Å². The largest absolute Gasteiger partial charge is 0.446 e. The van der Waals surface area contributed by atoms with Crippen molar-refractivity contribution in [2.75, 3.05) is 13.1 Å². The molecule has 0 saturated heterocycles. The van der Waals surface area contributed by atoms with Crippen molar-refractivity contribution in [3.05, 3.63) is 11.6 Å². The molecule has 5 heteroatoms. The third-order valence-corrected chi connectivity index (χ3v) is 16.0. The topological polar surface area (TPSA) is 81.6 Å². The molecule has 47 heavy (non-hydrogen) atoms. The summed E-state index contributed by atoms with van der Waals surface area (Å²) >= 11 is 0. The van der Waals surface area contributed by atoms with Crippen LogP contribution in [0.4, 0.5) is 4.79 Å². The first-order chi connectivity index (χ1) is 22.4. The first-order valence-electron chi connectivity index (χ1n) is 20.6. The van der Waals surface area contributed by atoms with Gasteiger partial charge >= 0.3 is 6.09 Å².